The van der Waals surface area contributed by atoms with E-state index in [0.29, 0.717) is 18.5 Å². The summed E-state index contributed by atoms with van der Waals surface area (Å²) in [5, 5.41) is 3.27. The van der Waals surface area contributed by atoms with Crippen LogP contribution in [0.4, 0.5) is 0 Å². The predicted molar refractivity (Wildman–Crippen MR) is 72.5 cm³/mol. The van der Waals surface area contributed by atoms with Crippen LogP contribution in [0.3, 0.4) is 0 Å². The van der Waals surface area contributed by atoms with Gasteiger partial charge in [-0.15, -0.1) is 0 Å². The number of hydrogen-bond donors (Lipinski definition) is 2. The van der Waals surface area contributed by atoms with E-state index in [1.54, 1.807) is 6.26 Å². The van der Waals surface area contributed by atoms with Gasteiger partial charge in [-0.25, -0.2) is 0 Å². The Morgan fingerprint density at radius 2 is 2.06 bits per heavy atom. The van der Waals surface area contributed by atoms with E-state index in [0.717, 1.165) is 12.8 Å². The Labute approximate surface area is 106 Å². The molecule has 2 aliphatic rings. The van der Waals surface area contributed by atoms with Gasteiger partial charge in [0.25, 0.3) is 0 Å². The highest BCUT2D eigenvalue weighted by Crippen LogP contribution is 2.37. The Bertz CT molecular complexity index is 320. The minimum atomic E-state index is -0.793. The first-order valence-corrected chi connectivity index (χ1v) is 8.08. The fraction of sp³-hybridized carbons (Fsp3) is 0.917. The Kier molecular flexibility index (Phi) is 4.07. The molecule has 0 aliphatic heterocycles. The van der Waals surface area contributed by atoms with Gasteiger partial charge in [-0.1, -0.05) is 19.3 Å². The Morgan fingerprint density at radius 1 is 1.41 bits per heavy atom. The molecule has 0 saturated heterocycles. The number of nitrogens with two attached hydrogens (primary N) is 1. The van der Waals surface area contributed by atoms with Crippen molar-refractivity contribution in [1.82, 2.24) is 5.32 Å². The summed E-state index contributed by atoms with van der Waals surface area (Å²) < 4.78 is 11.6. The minimum absolute atomic E-state index is 0.0814. The summed E-state index contributed by atoms with van der Waals surface area (Å²) in [6.07, 6.45) is 9.97. The van der Waals surface area contributed by atoms with E-state index in [1.165, 1.54) is 32.1 Å². The molecule has 0 heterocycles. The standard InChI is InChI=1S/C12H23N3OS/c1-17(16)12(7-4-8-12)9-14-11(13)15-10-5-2-3-6-10/h10H,2-9H2,1H3,(H3,13,14,15). The van der Waals surface area contributed by atoms with E-state index in [2.05, 4.69) is 10.3 Å². The van der Waals surface area contributed by atoms with Crippen molar-refractivity contribution in [1.29, 1.82) is 0 Å². The minimum Gasteiger partial charge on any atom is -0.370 e. The van der Waals surface area contributed by atoms with Crippen LogP contribution in [-0.4, -0.2) is 33.8 Å². The van der Waals surface area contributed by atoms with E-state index in [9.17, 15) is 4.21 Å². The highest BCUT2D eigenvalue weighted by molar-refractivity contribution is 7.85. The lowest BCUT2D eigenvalue weighted by molar-refractivity contribution is 0.360. The average Bonchev–Trinajstić information content (AvgIpc) is 2.68. The second-order valence-corrected chi connectivity index (χ2v) is 7.09. The van der Waals surface area contributed by atoms with Crippen molar-refractivity contribution in [3.8, 4) is 0 Å². The van der Waals surface area contributed by atoms with E-state index in [-0.39, 0.29) is 4.75 Å². The maximum atomic E-state index is 11.7. The molecule has 4 nitrogen and oxygen atoms in total. The molecule has 0 bridgehead atoms. The largest absolute Gasteiger partial charge is 0.370 e. The second-order valence-electron chi connectivity index (χ2n) is 5.32. The van der Waals surface area contributed by atoms with Crippen LogP contribution in [0.5, 0.6) is 0 Å². The second kappa shape index (κ2) is 5.38. The molecule has 1 atom stereocenters. The molecule has 17 heavy (non-hydrogen) atoms. The van der Waals surface area contributed by atoms with Gasteiger partial charge in [0.15, 0.2) is 5.96 Å². The van der Waals surface area contributed by atoms with Crippen molar-refractivity contribution in [2.75, 3.05) is 12.8 Å². The fourth-order valence-electron chi connectivity index (χ4n) is 2.66. The molecule has 1 unspecified atom stereocenters. The third kappa shape index (κ3) is 3.00. The number of aliphatic imine (C=N–C) groups is 1. The van der Waals surface area contributed by atoms with Gasteiger partial charge in [0.1, 0.15) is 0 Å². The maximum Gasteiger partial charge on any atom is 0.188 e. The summed E-state index contributed by atoms with van der Waals surface area (Å²) in [5.74, 6) is 0.536. The molecule has 2 rings (SSSR count). The number of guanidine groups is 1. The molecule has 0 aromatic heterocycles. The lowest BCUT2D eigenvalue weighted by atomic mass is 9.84. The van der Waals surface area contributed by atoms with Crippen molar-refractivity contribution in [2.45, 2.75) is 55.7 Å². The number of nitrogens with zero attached hydrogens (tertiary/aromatic N) is 1. The maximum absolute atomic E-state index is 11.7. The molecule has 2 fully saturated rings. The quantitative estimate of drug-likeness (QED) is 0.586. The van der Waals surface area contributed by atoms with Crippen LogP contribution in [0.15, 0.2) is 4.99 Å². The molecule has 0 radical (unpaired) electrons. The monoisotopic (exact) mass is 257 g/mol. The topological polar surface area (TPSA) is 67.5 Å². The van der Waals surface area contributed by atoms with E-state index >= 15 is 0 Å². The van der Waals surface area contributed by atoms with Gasteiger partial charge in [0.2, 0.25) is 0 Å². The highest BCUT2D eigenvalue weighted by Gasteiger charge is 2.40. The lowest BCUT2D eigenvalue weighted by Crippen LogP contribution is -2.46. The first-order chi connectivity index (χ1) is 8.12. The zero-order valence-corrected chi connectivity index (χ0v) is 11.4. The summed E-state index contributed by atoms with van der Waals surface area (Å²) in [6, 6.07) is 0.503. The normalized spacial score (nSPS) is 26.5. The van der Waals surface area contributed by atoms with E-state index in [4.69, 9.17) is 5.73 Å². The van der Waals surface area contributed by atoms with Crippen LogP contribution in [0.2, 0.25) is 0 Å². The molecule has 2 saturated carbocycles. The smallest absolute Gasteiger partial charge is 0.188 e. The SMILES string of the molecule is CS(=O)C1(CN=C(N)NC2CCCC2)CCC1. The Morgan fingerprint density at radius 3 is 2.53 bits per heavy atom. The van der Waals surface area contributed by atoms with Crippen LogP contribution in [0.1, 0.15) is 44.9 Å². The van der Waals surface area contributed by atoms with Crippen molar-refractivity contribution < 1.29 is 4.21 Å². The lowest BCUT2D eigenvalue weighted by Gasteiger charge is -2.38. The van der Waals surface area contributed by atoms with Crippen LogP contribution in [-0.2, 0) is 10.8 Å². The van der Waals surface area contributed by atoms with Crippen molar-refractivity contribution >= 4 is 16.8 Å². The van der Waals surface area contributed by atoms with Gasteiger partial charge in [-0.3, -0.25) is 9.20 Å². The van der Waals surface area contributed by atoms with Gasteiger partial charge < -0.3 is 11.1 Å². The molecule has 0 aromatic carbocycles. The predicted octanol–water partition coefficient (Wildman–Crippen LogP) is 1.13. The highest BCUT2D eigenvalue weighted by atomic mass is 32.2. The molecular weight excluding hydrogens is 234 g/mol. The third-order valence-electron chi connectivity index (χ3n) is 4.12. The summed E-state index contributed by atoms with van der Waals surface area (Å²) >= 11 is 0. The van der Waals surface area contributed by atoms with Crippen LogP contribution in [0.25, 0.3) is 0 Å². The van der Waals surface area contributed by atoms with Gasteiger partial charge in [0, 0.05) is 23.1 Å². The molecule has 0 spiro atoms. The number of rotatable bonds is 4. The molecule has 98 valence electrons. The van der Waals surface area contributed by atoms with E-state index in [1.807, 2.05) is 0 Å². The molecular formula is C12H23N3OS. The molecule has 3 N–H and O–H groups in total. The van der Waals surface area contributed by atoms with Gasteiger partial charge >= 0.3 is 0 Å². The zero-order chi connectivity index (χ0) is 12.3. The van der Waals surface area contributed by atoms with Crippen LogP contribution >= 0.6 is 0 Å². The van der Waals surface area contributed by atoms with Gasteiger partial charge in [-0.2, -0.15) is 0 Å². The summed E-state index contributed by atoms with van der Waals surface area (Å²) in [6.45, 7) is 0.613. The van der Waals surface area contributed by atoms with Gasteiger partial charge in [-0.05, 0) is 25.7 Å². The number of hydrogen-bond acceptors (Lipinski definition) is 2. The Hall–Kier alpha value is -0.580. The summed E-state index contributed by atoms with van der Waals surface area (Å²) in [5.41, 5.74) is 5.88. The molecule has 0 aromatic rings. The zero-order valence-electron chi connectivity index (χ0n) is 10.6. The average molecular weight is 257 g/mol. The summed E-state index contributed by atoms with van der Waals surface area (Å²) in [4.78, 5) is 4.39. The van der Waals surface area contributed by atoms with Crippen LogP contribution < -0.4 is 11.1 Å². The Balaban J connectivity index is 1.84. The van der Waals surface area contributed by atoms with E-state index < -0.39 is 10.8 Å². The van der Waals surface area contributed by atoms with Crippen molar-refractivity contribution in [2.24, 2.45) is 10.7 Å². The molecule has 0 amide bonds. The summed E-state index contributed by atoms with van der Waals surface area (Å²) in [7, 11) is -0.793. The fourth-order valence-corrected chi connectivity index (χ4v) is 3.77. The third-order valence-corrected chi connectivity index (χ3v) is 5.88. The molecule has 2 aliphatic carbocycles. The molecule has 5 heteroatoms. The van der Waals surface area contributed by atoms with Crippen molar-refractivity contribution in [3.63, 3.8) is 0 Å². The first-order valence-electron chi connectivity index (χ1n) is 6.52. The van der Waals surface area contributed by atoms with Gasteiger partial charge in [0.05, 0.1) is 11.3 Å². The van der Waals surface area contributed by atoms with Crippen molar-refractivity contribution in [3.05, 3.63) is 0 Å². The van der Waals surface area contributed by atoms with Crippen LogP contribution in [0, 0.1) is 0 Å². The number of nitrogens with one attached hydrogen (secondary N) is 1. The first kappa shape index (κ1) is 12.9.